The fourth-order valence-corrected chi connectivity index (χ4v) is 9.15. The second kappa shape index (κ2) is 11.9. The van der Waals surface area contributed by atoms with E-state index in [1.54, 1.807) is 19.1 Å². The van der Waals surface area contributed by atoms with Crippen LogP contribution in [0.2, 0.25) is 5.02 Å². The minimum atomic E-state index is -2.76. The molecule has 7 nitrogen and oxygen atoms in total. The Morgan fingerprint density at radius 1 is 0.902 bits per heavy atom. The SMILES string of the molecule is C=CCc1cccc([C@H]2C3=CC[C@@H]4C(=O)N(c5ccc(C)c(Cl)c5)C(=O)[C@@H]4[C@@H]3C[C@@]3(Cl)C(=O)N(c4c(F)c(F)c(F)c(F)c4F)C(=O)[C@@]23Cl)c1O. The molecule has 2 heterocycles. The first-order chi connectivity index (χ1) is 24.0. The summed E-state index contributed by atoms with van der Waals surface area (Å²) in [6.07, 6.45) is 2.40. The van der Waals surface area contributed by atoms with Crippen LogP contribution in [0.4, 0.5) is 33.3 Å². The van der Waals surface area contributed by atoms with E-state index in [-0.39, 0.29) is 39.6 Å². The number of benzene rings is 3. The van der Waals surface area contributed by atoms with E-state index in [1.807, 2.05) is 0 Å². The summed E-state index contributed by atoms with van der Waals surface area (Å²) in [6, 6.07) is 8.99. The average molecular weight is 766 g/mol. The number of imide groups is 2. The smallest absolute Gasteiger partial charge is 0.258 e. The summed E-state index contributed by atoms with van der Waals surface area (Å²) < 4.78 is 73.5. The zero-order valence-corrected chi connectivity index (χ0v) is 28.5. The van der Waals surface area contributed by atoms with Gasteiger partial charge in [0.1, 0.15) is 11.4 Å². The third-order valence-electron chi connectivity index (χ3n) is 10.5. The summed E-state index contributed by atoms with van der Waals surface area (Å²) in [5.41, 5.74) is -0.608. The Morgan fingerprint density at radius 2 is 1.55 bits per heavy atom. The molecule has 0 bridgehead atoms. The largest absolute Gasteiger partial charge is 0.507 e. The Morgan fingerprint density at radius 3 is 2.18 bits per heavy atom. The van der Waals surface area contributed by atoms with Gasteiger partial charge < -0.3 is 5.11 Å². The Hall–Kier alpha value is -4.26. The molecule has 1 saturated carbocycles. The van der Waals surface area contributed by atoms with Crippen molar-refractivity contribution in [3.63, 3.8) is 0 Å². The van der Waals surface area contributed by atoms with Gasteiger partial charge in [0, 0.05) is 16.5 Å². The minimum Gasteiger partial charge on any atom is -0.507 e. The van der Waals surface area contributed by atoms with Crippen LogP contribution in [0.3, 0.4) is 0 Å². The minimum absolute atomic E-state index is 0.0630. The molecule has 3 fully saturated rings. The van der Waals surface area contributed by atoms with Crippen molar-refractivity contribution in [2.45, 2.75) is 41.9 Å². The Kier molecular flexibility index (Phi) is 8.20. The highest BCUT2D eigenvalue weighted by atomic mass is 35.5. The highest BCUT2D eigenvalue weighted by Crippen LogP contribution is 2.67. The Bertz CT molecular complexity index is 2150. The summed E-state index contributed by atoms with van der Waals surface area (Å²) in [6.45, 7) is 5.39. The number of hydrogen-bond acceptors (Lipinski definition) is 5. The molecule has 4 amide bonds. The monoisotopic (exact) mass is 764 g/mol. The van der Waals surface area contributed by atoms with Crippen molar-refractivity contribution in [2.24, 2.45) is 17.8 Å². The lowest BCUT2D eigenvalue weighted by atomic mass is 9.56. The van der Waals surface area contributed by atoms with Crippen molar-refractivity contribution in [1.82, 2.24) is 0 Å². The van der Waals surface area contributed by atoms with Gasteiger partial charge >= 0.3 is 0 Å². The number of amides is 4. The van der Waals surface area contributed by atoms with Crippen molar-refractivity contribution in [3.05, 3.63) is 112 Å². The molecule has 3 aromatic rings. The van der Waals surface area contributed by atoms with Crippen LogP contribution < -0.4 is 9.80 Å². The number of alkyl halides is 2. The van der Waals surface area contributed by atoms with E-state index in [1.165, 1.54) is 36.4 Å². The maximum Gasteiger partial charge on any atom is 0.258 e. The number of halogens is 8. The number of allylic oxidation sites excluding steroid dienone is 3. The molecule has 2 aliphatic carbocycles. The number of anilines is 2. The number of carbonyl (C=O) groups excluding carboxylic acids is 4. The molecule has 51 heavy (non-hydrogen) atoms. The van der Waals surface area contributed by atoms with E-state index in [9.17, 15) is 37.5 Å². The summed E-state index contributed by atoms with van der Waals surface area (Å²) >= 11 is 20.6. The summed E-state index contributed by atoms with van der Waals surface area (Å²) in [4.78, 5) is 52.1. The van der Waals surface area contributed by atoms with Crippen LogP contribution in [-0.2, 0) is 25.6 Å². The molecule has 0 unspecified atom stereocenters. The lowest BCUT2D eigenvalue weighted by Gasteiger charge is -2.50. The first kappa shape index (κ1) is 35.2. The third kappa shape index (κ3) is 4.55. The molecule has 4 aliphatic rings. The average Bonchev–Trinajstić information content (AvgIpc) is 3.43. The zero-order valence-electron chi connectivity index (χ0n) is 26.3. The number of aromatic hydroxyl groups is 1. The van der Waals surface area contributed by atoms with Crippen LogP contribution in [0.25, 0.3) is 0 Å². The van der Waals surface area contributed by atoms with Crippen LogP contribution >= 0.6 is 34.8 Å². The van der Waals surface area contributed by atoms with Crippen molar-refractivity contribution < 1.29 is 46.2 Å². The fraction of sp³-hybridized carbons (Fsp3) is 0.278. The molecule has 15 heteroatoms. The molecule has 2 saturated heterocycles. The number of carbonyl (C=O) groups is 4. The van der Waals surface area contributed by atoms with Gasteiger partial charge in [-0.25, -0.2) is 31.8 Å². The van der Waals surface area contributed by atoms with Gasteiger partial charge in [0.2, 0.25) is 17.6 Å². The van der Waals surface area contributed by atoms with E-state index in [0.29, 0.717) is 11.1 Å². The second-order valence-electron chi connectivity index (χ2n) is 13.0. The number of para-hydroxylation sites is 1. The molecule has 6 atom stereocenters. The van der Waals surface area contributed by atoms with Gasteiger partial charge in [-0.3, -0.25) is 19.2 Å². The third-order valence-corrected chi connectivity index (χ3v) is 12.3. The predicted molar refractivity (Wildman–Crippen MR) is 177 cm³/mol. The van der Waals surface area contributed by atoms with Crippen LogP contribution in [0, 0.1) is 53.8 Å². The molecule has 3 aromatic carbocycles. The van der Waals surface area contributed by atoms with Crippen LogP contribution in [0.5, 0.6) is 5.75 Å². The lowest BCUT2D eigenvalue weighted by Crippen LogP contribution is -2.60. The Labute approximate surface area is 301 Å². The van der Waals surface area contributed by atoms with Gasteiger partial charge in [-0.15, -0.1) is 29.8 Å². The zero-order chi connectivity index (χ0) is 37.1. The fourth-order valence-electron chi connectivity index (χ4n) is 8.05. The van der Waals surface area contributed by atoms with Gasteiger partial charge in [0.25, 0.3) is 11.8 Å². The topological polar surface area (TPSA) is 95.0 Å². The molecular weight excluding hydrogens is 742 g/mol. The number of aryl methyl sites for hydroxylation is 1. The molecule has 1 N–H and O–H groups in total. The summed E-state index contributed by atoms with van der Waals surface area (Å²) in [7, 11) is 0. The number of nitrogens with zero attached hydrogens (tertiary/aromatic N) is 2. The standard InChI is InChI=1S/C36H24Cl3F5N2O5/c1-3-5-15-6-4-7-19(30(15)47)23-17-10-11-18-22(32(49)45(31(18)48)16-9-8-14(2)21(37)12-16)20(17)13-35(38)33(50)46(34(51)36(23,35)39)29-27(43)25(41)24(40)26(42)28(29)44/h3-4,6-10,12,18,20,22-23,47H,1,5,11,13H2,2H3/t18-,20+,22-,23+,35+,36-/m0/s1. The maximum atomic E-state index is 15.3. The Balaban J connectivity index is 1.45. The normalized spacial score (nSPS) is 28.5. The van der Waals surface area contributed by atoms with Gasteiger partial charge in [0.15, 0.2) is 33.0 Å². The highest BCUT2D eigenvalue weighted by Gasteiger charge is 2.77. The van der Waals surface area contributed by atoms with Crippen molar-refractivity contribution in [3.8, 4) is 5.75 Å². The van der Waals surface area contributed by atoms with Crippen molar-refractivity contribution >= 4 is 69.8 Å². The lowest BCUT2D eigenvalue weighted by molar-refractivity contribution is -0.125. The van der Waals surface area contributed by atoms with Crippen molar-refractivity contribution in [2.75, 3.05) is 9.80 Å². The van der Waals surface area contributed by atoms with E-state index in [2.05, 4.69) is 6.58 Å². The first-order valence-corrected chi connectivity index (χ1v) is 16.7. The quantitative estimate of drug-likeness (QED) is 0.0724. The van der Waals surface area contributed by atoms with Gasteiger partial charge in [-0.1, -0.05) is 53.6 Å². The maximum absolute atomic E-state index is 15.3. The second-order valence-corrected chi connectivity index (χ2v) is 14.6. The number of phenols is 1. The molecule has 0 aromatic heterocycles. The van der Waals surface area contributed by atoms with E-state index in [4.69, 9.17) is 34.8 Å². The molecule has 2 aliphatic heterocycles. The van der Waals surface area contributed by atoms with E-state index < -0.39 is 104 Å². The summed E-state index contributed by atoms with van der Waals surface area (Å²) in [5.74, 6) is -22.3. The van der Waals surface area contributed by atoms with E-state index >= 15 is 8.78 Å². The van der Waals surface area contributed by atoms with Crippen molar-refractivity contribution in [1.29, 1.82) is 0 Å². The predicted octanol–water partition coefficient (Wildman–Crippen LogP) is 7.55. The van der Waals surface area contributed by atoms with Crippen LogP contribution in [0.1, 0.15) is 35.4 Å². The van der Waals surface area contributed by atoms with Gasteiger partial charge in [0.05, 0.1) is 17.5 Å². The molecular formula is C36H24Cl3F5N2O5. The van der Waals surface area contributed by atoms with E-state index in [0.717, 1.165) is 4.90 Å². The first-order valence-electron chi connectivity index (χ1n) is 15.6. The van der Waals surface area contributed by atoms with Crippen LogP contribution in [-0.4, -0.2) is 38.5 Å². The summed E-state index contributed by atoms with van der Waals surface area (Å²) in [5, 5.41) is 11.8. The number of hydrogen-bond donors (Lipinski definition) is 1. The van der Waals surface area contributed by atoms with Crippen LogP contribution in [0.15, 0.2) is 60.7 Å². The molecule has 264 valence electrons. The van der Waals surface area contributed by atoms with Gasteiger partial charge in [-0.05, 0) is 55.4 Å². The molecule has 7 rings (SSSR count). The number of phenolic OH excluding ortho intramolecular Hbond substituents is 1. The van der Waals surface area contributed by atoms with Gasteiger partial charge in [-0.2, -0.15) is 0 Å². The molecule has 0 radical (unpaired) electrons. The highest BCUT2D eigenvalue weighted by molar-refractivity contribution is 6.58. The number of fused-ring (bicyclic) bond motifs is 4. The molecule has 0 spiro atoms. The number of rotatable bonds is 5.